The molecule has 0 spiro atoms. The van der Waals surface area contributed by atoms with E-state index in [0.29, 0.717) is 48.5 Å². The molecule has 0 unspecified atom stereocenters. The lowest BCUT2D eigenvalue weighted by Crippen LogP contribution is -2.52. The molecule has 3 aromatic rings. The predicted molar refractivity (Wildman–Crippen MR) is 137 cm³/mol. The Balaban J connectivity index is 1.51. The van der Waals surface area contributed by atoms with Crippen LogP contribution < -0.4 is 15.0 Å². The maximum atomic E-state index is 15.2. The van der Waals surface area contributed by atoms with Gasteiger partial charge in [-0.2, -0.15) is 0 Å². The minimum atomic E-state index is -1.40. The number of alkyl halides is 1. The summed E-state index contributed by atoms with van der Waals surface area (Å²) in [7, 11) is 2.79. The molecule has 1 amide bonds. The Hall–Kier alpha value is -2.87. The Morgan fingerprint density at radius 1 is 1.32 bits per heavy atom. The van der Waals surface area contributed by atoms with Gasteiger partial charge in [-0.3, -0.25) is 4.79 Å². The molecule has 2 atom stereocenters. The van der Waals surface area contributed by atoms with Crippen molar-refractivity contribution >= 4 is 51.7 Å². The number of aromatic nitrogens is 4. The van der Waals surface area contributed by atoms with Crippen molar-refractivity contribution in [3.63, 3.8) is 0 Å². The molecule has 11 nitrogen and oxygen atoms in total. The van der Waals surface area contributed by atoms with E-state index < -0.39 is 24.3 Å². The summed E-state index contributed by atoms with van der Waals surface area (Å²) in [5.74, 6) is -0.0662. The van der Waals surface area contributed by atoms with Crippen LogP contribution in [0.3, 0.4) is 0 Å². The van der Waals surface area contributed by atoms with Crippen molar-refractivity contribution in [2.75, 3.05) is 38.8 Å². The molecular formula is C22H25Cl2FN6O5S. The van der Waals surface area contributed by atoms with Crippen LogP contribution in [0.2, 0.25) is 10.0 Å². The average Bonchev–Trinajstić information content (AvgIpc) is 3.58. The van der Waals surface area contributed by atoms with E-state index in [1.165, 1.54) is 7.11 Å². The van der Waals surface area contributed by atoms with E-state index in [9.17, 15) is 9.59 Å². The van der Waals surface area contributed by atoms with Crippen LogP contribution in [0.4, 0.5) is 14.3 Å². The number of nitrogens with zero attached hydrogens (tertiary/aromatic N) is 4. The zero-order valence-corrected chi connectivity index (χ0v) is 22.5. The number of imidazole rings is 1. The van der Waals surface area contributed by atoms with Gasteiger partial charge in [0.25, 0.3) is 5.91 Å². The van der Waals surface area contributed by atoms with Gasteiger partial charge in [0.2, 0.25) is 5.06 Å². The van der Waals surface area contributed by atoms with Gasteiger partial charge < -0.3 is 34.0 Å². The van der Waals surface area contributed by atoms with Gasteiger partial charge >= 0.3 is 6.16 Å². The van der Waals surface area contributed by atoms with E-state index in [1.54, 1.807) is 31.3 Å². The number of anilines is 1. The number of hydrogen-bond donors (Lipinski definition) is 2. The molecular weight excluding hydrogens is 550 g/mol. The summed E-state index contributed by atoms with van der Waals surface area (Å²) in [6.45, 7) is 2.99. The van der Waals surface area contributed by atoms with E-state index in [0.717, 1.165) is 11.3 Å². The molecule has 4 heterocycles. The smallest absolute Gasteiger partial charge is 0.437 e. The molecule has 2 N–H and O–H groups in total. The molecule has 3 aromatic heterocycles. The van der Waals surface area contributed by atoms with Gasteiger partial charge in [-0.05, 0) is 13.3 Å². The number of thiazole rings is 1. The van der Waals surface area contributed by atoms with Crippen LogP contribution in [0.25, 0.3) is 11.5 Å². The van der Waals surface area contributed by atoms with Gasteiger partial charge in [0.1, 0.15) is 11.9 Å². The van der Waals surface area contributed by atoms with Crippen LogP contribution in [-0.2, 0) is 16.0 Å². The first kappa shape index (κ1) is 27.2. The fraction of sp³-hybridized carbons (Fsp3) is 0.455. The zero-order chi connectivity index (χ0) is 26.7. The molecule has 0 aromatic carbocycles. The fourth-order valence-corrected chi connectivity index (χ4v) is 5.22. The van der Waals surface area contributed by atoms with Crippen LogP contribution in [0.1, 0.15) is 22.6 Å². The summed E-state index contributed by atoms with van der Waals surface area (Å²) in [6, 6.07) is -0.736. The summed E-state index contributed by atoms with van der Waals surface area (Å²) < 4.78 is 32.1. The quantitative estimate of drug-likeness (QED) is 0.385. The van der Waals surface area contributed by atoms with Crippen LogP contribution in [0.5, 0.6) is 5.06 Å². The van der Waals surface area contributed by atoms with Crippen molar-refractivity contribution in [2.45, 2.75) is 32.1 Å². The van der Waals surface area contributed by atoms with Gasteiger partial charge in [-0.1, -0.05) is 34.5 Å². The summed E-state index contributed by atoms with van der Waals surface area (Å²) >= 11 is 13.2. The van der Waals surface area contributed by atoms with Gasteiger partial charge in [0.15, 0.2) is 16.6 Å². The zero-order valence-electron chi connectivity index (χ0n) is 20.2. The third-order valence-corrected chi connectivity index (χ3v) is 7.74. The van der Waals surface area contributed by atoms with E-state index in [1.807, 2.05) is 4.57 Å². The van der Waals surface area contributed by atoms with E-state index in [4.69, 9.17) is 32.7 Å². The van der Waals surface area contributed by atoms with Crippen molar-refractivity contribution in [3.8, 4) is 16.6 Å². The first-order valence-electron chi connectivity index (χ1n) is 11.2. The van der Waals surface area contributed by atoms with Gasteiger partial charge in [-0.25, -0.2) is 19.2 Å². The Morgan fingerprint density at radius 2 is 2.11 bits per heavy atom. The number of rotatable bonds is 8. The molecule has 0 bridgehead atoms. The topological polar surface area (TPSA) is 124 Å². The van der Waals surface area contributed by atoms with Crippen LogP contribution >= 0.6 is 34.5 Å². The van der Waals surface area contributed by atoms with Crippen molar-refractivity contribution in [1.82, 2.24) is 24.8 Å². The Kier molecular flexibility index (Phi) is 8.57. The lowest BCUT2D eigenvalue weighted by Gasteiger charge is -2.34. The molecule has 0 saturated carbocycles. The highest BCUT2D eigenvalue weighted by Gasteiger charge is 2.34. The van der Waals surface area contributed by atoms with Crippen LogP contribution in [0, 0.1) is 6.92 Å². The number of amides is 1. The maximum Gasteiger partial charge on any atom is 0.514 e. The lowest BCUT2D eigenvalue weighted by atomic mass is 10.0. The number of halogens is 3. The lowest BCUT2D eigenvalue weighted by molar-refractivity contribution is 0.0894. The number of methoxy groups -OCH3 is 2. The molecule has 0 radical (unpaired) electrons. The van der Waals surface area contributed by atoms with Crippen molar-refractivity contribution in [1.29, 1.82) is 0 Å². The summed E-state index contributed by atoms with van der Waals surface area (Å²) in [5.41, 5.74) is 0.971. The minimum absolute atomic E-state index is 0.0358. The predicted octanol–water partition coefficient (Wildman–Crippen LogP) is 4.09. The Morgan fingerprint density at radius 3 is 2.76 bits per heavy atom. The number of aryl methyl sites for hydroxylation is 1. The van der Waals surface area contributed by atoms with Crippen molar-refractivity contribution in [2.24, 2.45) is 0 Å². The number of piperidine rings is 1. The van der Waals surface area contributed by atoms with Crippen LogP contribution in [0.15, 0.2) is 12.4 Å². The highest BCUT2D eigenvalue weighted by molar-refractivity contribution is 7.18. The highest BCUT2D eigenvalue weighted by Crippen LogP contribution is 2.40. The number of H-pyrrole nitrogens is 1. The molecule has 1 fully saturated rings. The second kappa shape index (κ2) is 11.7. The highest BCUT2D eigenvalue weighted by atomic mass is 35.5. The summed E-state index contributed by atoms with van der Waals surface area (Å²) in [6.07, 6.45) is 1.36. The molecule has 1 saturated heterocycles. The molecule has 1 aliphatic rings. The number of ether oxygens (including phenoxy) is 3. The van der Waals surface area contributed by atoms with Gasteiger partial charge in [0, 0.05) is 38.3 Å². The second-order valence-corrected chi connectivity index (χ2v) is 9.91. The number of aromatic amines is 1. The minimum Gasteiger partial charge on any atom is -0.437 e. The Bertz CT molecular complexity index is 1280. The number of hydrogen-bond acceptors (Lipinski definition) is 9. The molecule has 200 valence electrons. The maximum absolute atomic E-state index is 15.2. The molecule has 15 heteroatoms. The summed E-state index contributed by atoms with van der Waals surface area (Å²) in [5, 5.41) is 3.66. The first-order chi connectivity index (χ1) is 17.7. The van der Waals surface area contributed by atoms with Crippen LogP contribution in [-0.4, -0.2) is 77.7 Å². The number of carbonyl (C=O) groups is 2. The standard InChI is InChI=1S/C22H25Cl2FN6O5S/c1-11-14(23)15(24)16(27-11)19(32)28-13-4-6-31(10-12(13)25)21-29-17(20(37-21)36-22(33)35-3)18-26-5-7-30(18)8-9-34-2/h5,7,12-13,27H,4,6,8-10H2,1-3H3,(H,28,32)/t12-,13+/m0/s1. The number of carbonyl (C=O) groups excluding carboxylic acids is 2. The van der Waals surface area contributed by atoms with Crippen molar-refractivity contribution < 1.29 is 28.2 Å². The number of nitrogens with one attached hydrogen (secondary N) is 2. The average molecular weight is 575 g/mol. The van der Waals surface area contributed by atoms with E-state index >= 15 is 4.39 Å². The van der Waals surface area contributed by atoms with Crippen molar-refractivity contribution in [3.05, 3.63) is 33.8 Å². The monoisotopic (exact) mass is 574 g/mol. The molecule has 4 rings (SSSR count). The van der Waals surface area contributed by atoms with Gasteiger partial charge in [-0.15, -0.1) is 0 Å². The normalized spacial score (nSPS) is 17.6. The first-order valence-corrected chi connectivity index (χ1v) is 12.8. The third-order valence-electron chi connectivity index (χ3n) is 5.80. The van der Waals surface area contributed by atoms with E-state index in [2.05, 4.69) is 25.0 Å². The third kappa shape index (κ3) is 5.84. The fourth-order valence-electron chi connectivity index (χ4n) is 3.86. The van der Waals surface area contributed by atoms with Gasteiger partial charge in [0.05, 0.1) is 36.3 Å². The SMILES string of the molecule is COCCn1ccnc1-c1nc(N2CC[C@@H](NC(=O)c3[nH]c(C)c(Cl)c3Cl)[C@@H](F)C2)sc1OC(=O)OC. The second-order valence-electron chi connectivity index (χ2n) is 8.21. The van der Waals surface area contributed by atoms with E-state index in [-0.39, 0.29) is 27.3 Å². The largest absolute Gasteiger partial charge is 0.514 e. The summed E-state index contributed by atoms with van der Waals surface area (Å²) in [4.78, 5) is 38.1. The Labute approximate surface area is 225 Å². The molecule has 1 aliphatic heterocycles. The molecule has 0 aliphatic carbocycles. The molecule has 37 heavy (non-hydrogen) atoms.